The normalized spacial score (nSPS) is 13.1. The molecule has 0 spiro atoms. The molecule has 1 aliphatic rings. The molecule has 7 aromatic rings. The molecule has 2 N–H and O–H groups in total. The van der Waals surface area contributed by atoms with E-state index in [1.807, 2.05) is 0 Å². The van der Waals surface area contributed by atoms with E-state index in [1.54, 1.807) is 0 Å². The van der Waals surface area contributed by atoms with E-state index in [0.29, 0.717) is 0 Å². The van der Waals surface area contributed by atoms with Crippen LogP contribution in [0.1, 0.15) is 18.4 Å². The van der Waals surface area contributed by atoms with E-state index in [4.69, 9.17) is 0 Å². The Morgan fingerprint density at radius 1 is 0.476 bits per heavy atom. The summed E-state index contributed by atoms with van der Waals surface area (Å²) in [6, 6.07) is 45.7. The summed E-state index contributed by atoms with van der Waals surface area (Å²) in [5.74, 6) is 0. The van der Waals surface area contributed by atoms with Crippen LogP contribution in [0.15, 0.2) is 146 Å². The maximum absolute atomic E-state index is 3.75. The van der Waals surface area contributed by atoms with Crippen molar-refractivity contribution in [3.05, 3.63) is 151 Å². The predicted octanol–water partition coefficient (Wildman–Crippen LogP) is 11.5. The van der Waals surface area contributed by atoms with Crippen molar-refractivity contribution in [3.8, 4) is 11.1 Å². The third-order valence-electron chi connectivity index (χ3n) is 8.45. The van der Waals surface area contributed by atoms with Gasteiger partial charge in [-0.2, -0.15) is 0 Å². The SMILES string of the molecule is C1=CCCC(c2cc3c(Nc4ccccc4)ccc4c(-c5ccccc5)cc5c(Nc6ccccc6)ccc2c5c34)=C1. The highest BCUT2D eigenvalue weighted by Crippen LogP contribution is 2.48. The Morgan fingerprint density at radius 3 is 1.55 bits per heavy atom. The summed E-state index contributed by atoms with van der Waals surface area (Å²) in [6.07, 6.45) is 8.88. The highest BCUT2D eigenvalue weighted by atomic mass is 14.9. The lowest BCUT2D eigenvalue weighted by molar-refractivity contribution is 1.06. The van der Waals surface area contributed by atoms with Gasteiger partial charge in [0.15, 0.2) is 0 Å². The Morgan fingerprint density at radius 2 is 1.00 bits per heavy atom. The molecule has 200 valence electrons. The van der Waals surface area contributed by atoms with E-state index < -0.39 is 0 Å². The van der Waals surface area contributed by atoms with Crippen LogP contribution in [-0.4, -0.2) is 0 Å². The van der Waals surface area contributed by atoms with Crippen molar-refractivity contribution in [2.45, 2.75) is 12.8 Å². The zero-order valence-corrected chi connectivity index (χ0v) is 23.3. The van der Waals surface area contributed by atoms with Gasteiger partial charge < -0.3 is 10.6 Å². The van der Waals surface area contributed by atoms with E-state index in [2.05, 4.69) is 156 Å². The quantitative estimate of drug-likeness (QED) is 0.206. The Bertz CT molecular complexity index is 2110. The van der Waals surface area contributed by atoms with E-state index in [0.717, 1.165) is 35.6 Å². The zero-order chi connectivity index (χ0) is 27.9. The van der Waals surface area contributed by atoms with Crippen molar-refractivity contribution >= 4 is 60.6 Å². The molecule has 0 heterocycles. The first-order valence-corrected chi connectivity index (χ1v) is 14.7. The van der Waals surface area contributed by atoms with Crippen LogP contribution in [0.3, 0.4) is 0 Å². The molecule has 0 fully saturated rings. The van der Waals surface area contributed by atoms with Crippen LogP contribution < -0.4 is 10.6 Å². The zero-order valence-electron chi connectivity index (χ0n) is 23.3. The van der Waals surface area contributed by atoms with Gasteiger partial charge in [0.2, 0.25) is 0 Å². The van der Waals surface area contributed by atoms with Crippen LogP contribution in [0, 0.1) is 0 Å². The molecule has 0 aliphatic heterocycles. The Kier molecular flexibility index (Phi) is 5.97. The number of allylic oxidation sites excluding steroid dienone is 4. The highest BCUT2D eigenvalue weighted by Gasteiger charge is 2.21. The summed E-state index contributed by atoms with van der Waals surface area (Å²) in [4.78, 5) is 0. The summed E-state index contributed by atoms with van der Waals surface area (Å²) >= 11 is 0. The Hall–Kier alpha value is -5.34. The van der Waals surface area contributed by atoms with Crippen molar-refractivity contribution in [1.82, 2.24) is 0 Å². The maximum Gasteiger partial charge on any atom is 0.0464 e. The predicted molar refractivity (Wildman–Crippen MR) is 181 cm³/mol. The van der Waals surface area contributed by atoms with Gasteiger partial charge in [-0.3, -0.25) is 0 Å². The van der Waals surface area contributed by atoms with Crippen molar-refractivity contribution in [1.29, 1.82) is 0 Å². The second kappa shape index (κ2) is 10.2. The Labute approximate surface area is 246 Å². The van der Waals surface area contributed by atoms with Gasteiger partial charge in [0.1, 0.15) is 0 Å². The molecular formula is C40H30N2. The summed E-state index contributed by atoms with van der Waals surface area (Å²) in [5, 5.41) is 15.2. The number of rotatable bonds is 6. The van der Waals surface area contributed by atoms with Crippen LogP contribution in [0.25, 0.3) is 49.0 Å². The fourth-order valence-corrected chi connectivity index (χ4v) is 6.49. The van der Waals surface area contributed by atoms with Gasteiger partial charge in [0.05, 0.1) is 0 Å². The van der Waals surface area contributed by atoms with Crippen LogP contribution >= 0.6 is 0 Å². The van der Waals surface area contributed by atoms with E-state index >= 15 is 0 Å². The molecular weight excluding hydrogens is 508 g/mol. The molecule has 0 amide bonds. The summed E-state index contributed by atoms with van der Waals surface area (Å²) in [6.45, 7) is 0. The average Bonchev–Trinajstić information content (AvgIpc) is 3.06. The van der Waals surface area contributed by atoms with Crippen LogP contribution in [0.2, 0.25) is 0 Å². The molecule has 8 rings (SSSR count). The highest BCUT2D eigenvalue weighted by molar-refractivity contribution is 6.32. The van der Waals surface area contributed by atoms with Gasteiger partial charge in [-0.25, -0.2) is 0 Å². The standard InChI is InChI=1S/C40H30N2/c1-5-13-27(14-6-1)33-25-35-37(41-29-17-9-3-10-18-29)24-22-32-34(28-15-7-2-8-16-28)26-36-38(42-30-19-11-4-12-20-30)23-21-31(33)39(36)40(32)35/h1-7,9-15,17-26,41-42H,8,16H2. The van der Waals surface area contributed by atoms with Gasteiger partial charge in [0.25, 0.3) is 0 Å². The molecule has 42 heavy (non-hydrogen) atoms. The molecule has 2 nitrogen and oxygen atoms in total. The van der Waals surface area contributed by atoms with E-state index in [9.17, 15) is 0 Å². The number of anilines is 4. The lowest BCUT2D eigenvalue weighted by Gasteiger charge is -2.23. The minimum absolute atomic E-state index is 1.04. The molecule has 7 aromatic carbocycles. The number of benzene rings is 7. The number of para-hydroxylation sites is 2. The monoisotopic (exact) mass is 538 g/mol. The number of nitrogens with one attached hydrogen (secondary N) is 2. The average molecular weight is 539 g/mol. The summed E-state index contributed by atoms with van der Waals surface area (Å²) < 4.78 is 0. The first-order chi connectivity index (χ1) is 20.8. The van der Waals surface area contributed by atoms with Crippen molar-refractivity contribution in [3.63, 3.8) is 0 Å². The molecule has 0 aromatic heterocycles. The largest absolute Gasteiger partial charge is 0.355 e. The third-order valence-corrected chi connectivity index (χ3v) is 8.45. The lowest BCUT2D eigenvalue weighted by atomic mass is 9.83. The maximum atomic E-state index is 3.75. The first kappa shape index (κ1) is 24.5. The van der Waals surface area contributed by atoms with Gasteiger partial charge in [-0.05, 0) is 94.4 Å². The van der Waals surface area contributed by atoms with E-state index in [1.165, 1.54) is 54.6 Å². The second-order valence-electron chi connectivity index (χ2n) is 11.0. The van der Waals surface area contributed by atoms with Crippen LogP contribution in [0.5, 0.6) is 0 Å². The first-order valence-electron chi connectivity index (χ1n) is 14.7. The van der Waals surface area contributed by atoms with Crippen molar-refractivity contribution < 1.29 is 0 Å². The van der Waals surface area contributed by atoms with E-state index in [-0.39, 0.29) is 0 Å². The topological polar surface area (TPSA) is 24.1 Å². The number of hydrogen-bond donors (Lipinski definition) is 2. The molecule has 0 saturated heterocycles. The van der Waals surface area contributed by atoms with Gasteiger partial charge in [-0.1, -0.05) is 97.1 Å². The second-order valence-corrected chi connectivity index (χ2v) is 11.0. The third kappa shape index (κ3) is 4.20. The van der Waals surface area contributed by atoms with Crippen LogP contribution in [-0.2, 0) is 0 Å². The minimum Gasteiger partial charge on any atom is -0.355 e. The fraction of sp³-hybridized carbons (Fsp3) is 0.0500. The summed E-state index contributed by atoms with van der Waals surface area (Å²) in [5.41, 5.74) is 9.59. The lowest BCUT2D eigenvalue weighted by Crippen LogP contribution is -1.99. The molecule has 0 atom stereocenters. The Balaban J connectivity index is 1.50. The molecule has 2 heteroatoms. The van der Waals surface area contributed by atoms with Gasteiger partial charge >= 0.3 is 0 Å². The molecule has 0 unspecified atom stereocenters. The molecule has 0 radical (unpaired) electrons. The molecule has 1 aliphatic carbocycles. The van der Waals surface area contributed by atoms with Crippen LogP contribution in [0.4, 0.5) is 22.7 Å². The molecule has 0 saturated carbocycles. The number of hydrogen-bond acceptors (Lipinski definition) is 2. The smallest absolute Gasteiger partial charge is 0.0464 e. The fourth-order valence-electron chi connectivity index (χ4n) is 6.49. The molecule has 0 bridgehead atoms. The van der Waals surface area contributed by atoms with Crippen molar-refractivity contribution in [2.75, 3.05) is 10.6 Å². The summed E-state index contributed by atoms with van der Waals surface area (Å²) in [7, 11) is 0. The minimum atomic E-state index is 1.04. The van der Waals surface area contributed by atoms with Crippen molar-refractivity contribution in [2.24, 2.45) is 0 Å². The van der Waals surface area contributed by atoms with Gasteiger partial charge in [-0.15, -0.1) is 0 Å². The van der Waals surface area contributed by atoms with Gasteiger partial charge in [0, 0.05) is 44.3 Å².